The van der Waals surface area contributed by atoms with Crippen molar-refractivity contribution in [2.24, 2.45) is 0 Å². The fraction of sp³-hybridized carbons (Fsp3) is 0.250. The van der Waals surface area contributed by atoms with Crippen LogP contribution in [-0.4, -0.2) is 21.5 Å². The van der Waals surface area contributed by atoms with Crippen molar-refractivity contribution < 1.29 is 4.39 Å². The number of rotatable bonds is 5. The van der Waals surface area contributed by atoms with Crippen molar-refractivity contribution in [2.45, 2.75) is 13.3 Å². The molecule has 0 unspecified atom stereocenters. The molecule has 106 valence electrons. The van der Waals surface area contributed by atoms with Crippen molar-refractivity contribution in [2.75, 3.05) is 17.2 Å². The lowest BCUT2D eigenvalue weighted by Gasteiger charge is -2.09. The van der Waals surface area contributed by atoms with Crippen molar-refractivity contribution in [1.82, 2.24) is 15.0 Å². The van der Waals surface area contributed by atoms with Crippen LogP contribution in [0.25, 0.3) is 0 Å². The molecule has 1 aromatic carbocycles. The molecule has 0 aliphatic rings. The fourth-order valence-corrected chi connectivity index (χ4v) is 1.81. The Balaban J connectivity index is 2.21. The zero-order chi connectivity index (χ0) is 14.5. The third kappa shape index (κ3) is 3.91. The largest absolute Gasteiger partial charge is 0.354 e. The fourth-order valence-electron chi connectivity index (χ4n) is 1.43. The smallest absolute Gasteiger partial charge is 0.233 e. The van der Waals surface area contributed by atoms with Crippen molar-refractivity contribution in [1.29, 1.82) is 0 Å². The number of aromatic nitrogens is 3. The van der Waals surface area contributed by atoms with Crippen LogP contribution in [0.3, 0.4) is 0 Å². The molecule has 1 heterocycles. The summed E-state index contributed by atoms with van der Waals surface area (Å²) in [4.78, 5) is 12.0. The van der Waals surface area contributed by atoms with Gasteiger partial charge in [-0.25, -0.2) is 4.39 Å². The Morgan fingerprint density at radius 1 is 1.15 bits per heavy atom. The van der Waals surface area contributed by atoms with Crippen LogP contribution in [0.2, 0.25) is 10.3 Å². The van der Waals surface area contributed by atoms with Crippen molar-refractivity contribution >= 4 is 40.8 Å². The Morgan fingerprint density at radius 3 is 2.60 bits per heavy atom. The van der Waals surface area contributed by atoms with Gasteiger partial charge in [-0.2, -0.15) is 15.0 Å². The Kier molecular flexibility index (Phi) is 4.92. The minimum Gasteiger partial charge on any atom is -0.354 e. The average Bonchev–Trinajstić information content (AvgIpc) is 2.39. The molecule has 20 heavy (non-hydrogen) atoms. The van der Waals surface area contributed by atoms with Gasteiger partial charge in [-0.05, 0) is 36.2 Å². The first-order valence-electron chi connectivity index (χ1n) is 5.96. The van der Waals surface area contributed by atoms with Gasteiger partial charge < -0.3 is 10.6 Å². The third-order valence-corrected chi connectivity index (χ3v) is 2.80. The van der Waals surface area contributed by atoms with Gasteiger partial charge in [0, 0.05) is 6.54 Å². The highest BCUT2D eigenvalue weighted by Crippen LogP contribution is 2.25. The summed E-state index contributed by atoms with van der Waals surface area (Å²) >= 11 is 11.7. The van der Waals surface area contributed by atoms with E-state index in [0.29, 0.717) is 11.6 Å². The first kappa shape index (κ1) is 14.7. The van der Waals surface area contributed by atoms with Gasteiger partial charge in [0.2, 0.25) is 17.2 Å². The maximum Gasteiger partial charge on any atom is 0.233 e. The van der Waals surface area contributed by atoms with E-state index in [9.17, 15) is 4.39 Å². The van der Waals surface area contributed by atoms with Crippen molar-refractivity contribution in [3.63, 3.8) is 0 Å². The summed E-state index contributed by atoms with van der Waals surface area (Å²) < 4.78 is 13.0. The van der Waals surface area contributed by atoms with Gasteiger partial charge in [0.1, 0.15) is 5.82 Å². The predicted octanol–water partition coefficient (Wildman–Crippen LogP) is 3.88. The number of hydrogen-bond acceptors (Lipinski definition) is 5. The molecule has 0 amide bonds. The SMILES string of the molecule is CCCNc1nc(Cl)nc(Nc2ccc(F)cc2Cl)n1. The lowest BCUT2D eigenvalue weighted by molar-refractivity contribution is 0.628. The highest BCUT2D eigenvalue weighted by Gasteiger charge is 2.07. The number of hydrogen-bond donors (Lipinski definition) is 2. The number of halogens is 3. The molecule has 8 heteroatoms. The van der Waals surface area contributed by atoms with Gasteiger partial charge in [-0.15, -0.1) is 0 Å². The second-order valence-corrected chi connectivity index (χ2v) is 4.67. The van der Waals surface area contributed by atoms with Crippen molar-refractivity contribution in [3.8, 4) is 0 Å². The first-order valence-corrected chi connectivity index (χ1v) is 6.71. The molecule has 2 aromatic rings. The molecule has 0 aliphatic heterocycles. The topological polar surface area (TPSA) is 62.7 Å². The van der Waals surface area contributed by atoms with Crippen LogP contribution in [0, 0.1) is 5.82 Å². The monoisotopic (exact) mass is 315 g/mol. The van der Waals surface area contributed by atoms with E-state index in [4.69, 9.17) is 23.2 Å². The molecule has 0 radical (unpaired) electrons. The summed E-state index contributed by atoms with van der Waals surface area (Å²) in [5.74, 6) is 0.184. The van der Waals surface area contributed by atoms with E-state index in [1.54, 1.807) is 0 Å². The Hall–Kier alpha value is -1.66. The zero-order valence-electron chi connectivity index (χ0n) is 10.6. The second-order valence-electron chi connectivity index (χ2n) is 3.93. The number of nitrogens with one attached hydrogen (secondary N) is 2. The zero-order valence-corrected chi connectivity index (χ0v) is 12.1. The molecule has 0 saturated carbocycles. The van der Waals surface area contributed by atoms with E-state index in [0.717, 1.165) is 13.0 Å². The van der Waals surface area contributed by atoms with E-state index >= 15 is 0 Å². The maximum absolute atomic E-state index is 13.0. The third-order valence-electron chi connectivity index (χ3n) is 2.32. The van der Waals surface area contributed by atoms with Gasteiger partial charge >= 0.3 is 0 Å². The summed E-state index contributed by atoms with van der Waals surface area (Å²) in [5, 5.41) is 6.16. The summed E-state index contributed by atoms with van der Waals surface area (Å²) in [6.07, 6.45) is 0.926. The van der Waals surface area contributed by atoms with Gasteiger partial charge in [-0.1, -0.05) is 18.5 Å². The number of nitrogens with zero attached hydrogens (tertiary/aromatic N) is 3. The van der Waals surface area contributed by atoms with Crippen LogP contribution in [-0.2, 0) is 0 Å². The lowest BCUT2D eigenvalue weighted by atomic mass is 10.3. The van der Waals surface area contributed by atoms with E-state index < -0.39 is 5.82 Å². The van der Waals surface area contributed by atoms with E-state index in [1.807, 2.05) is 6.92 Å². The summed E-state index contributed by atoms with van der Waals surface area (Å²) in [6, 6.07) is 3.98. The maximum atomic E-state index is 13.0. The molecule has 0 spiro atoms. The first-order chi connectivity index (χ1) is 9.58. The Morgan fingerprint density at radius 2 is 1.90 bits per heavy atom. The molecule has 0 atom stereocenters. The molecule has 0 fully saturated rings. The highest BCUT2D eigenvalue weighted by molar-refractivity contribution is 6.33. The molecular formula is C12H12Cl2FN5. The molecule has 2 N–H and O–H groups in total. The number of benzene rings is 1. The lowest BCUT2D eigenvalue weighted by Crippen LogP contribution is -2.08. The van der Waals surface area contributed by atoms with Crippen LogP contribution in [0.15, 0.2) is 18.2 Å². The summed E-state index contributed by atoms with van der Waals surface area (Å²) in [7, 11) is 0. The van der Waals surface area contributed by atoms with Crippen LogP contribution >= 0.6 is 23.2 Å². The molecule has 2 rings (SSSR count). The van der Waals surface area contributed by atoms with E-state index in [-0.39, 0.29) is 16.3 Å². The molecule has 0 bridgehead atoms. The van der Waals surface area contributed by atoms with Crippen LogP contribution in [0.1, 0.15) is 13.3 Å². The molecule has 0 saturated heterocycles. The van der Waals surface area contributed by atoms with Crippen LogP contribution in [0.4, 0.5) is 22.0 Å². The van der Waals surface area contributed by atoms with Crippen molar-refractivity contribution in [3.05, 3.63) is 34.3 Å². The van der Waals surface area contributed by atoms with Crippen LogP contribution in [0.5, 0.6) is 0 Å². The van der Waals surface area contributed by atoms with Gasteiger partial charge in [-0.3, -0.25) is 0 Å². The standard InChI is InChI=1S/C12H12Cl2FN5/c1-2-5-16-11-18-10(14)19-12(20-11)17-9-4-3-7(15)6-8(9)13/h3-4,6H,2,5H2,1H3,(H2,16,17,18,19,20). The summed E-state index contributed by atoms with van der Waals surface area (Å²) in [5.41, 5.74) is 0.483. The highest BCUT2D eigenvalue weighted by atomic mass is 35.5. The number of anilines is 3. The predicted molar refractivity (Wildman–Crippen MR) is 78.3 cm³/mol. The van der Waals surface area contributed by atoms with E-state index in [1.165, 1.54) is 18.2 Å². The van der Waals surface area contributed by atoms with E-state index in [2.05, 4.69) is 25.6 Å². The molecule has 5 nitrogen and oxygen atoms in total. The molecule has 0 aliphatic carbocycles. The molecular weight excluding hydrogens is 304 g/mol. The Labute approximate surface area is 125 Å². The van der Waals surface area contributed by atoms with Gasteiger partial charge in [0.15, 0.2) is 0 Å². The van der Waals surface area contributed by atoms with Gasteiger partial charge in [0.05, 0.1) is 10.7 Å². The molecule has 1 aromatic heterocycles. The minimum atomic E-state index is -0.417. The van der Waals surface area contributed by atoms with Gasteiger partial charge in [0.25, 0.3) is 0 Å². The second kappa shape index (κ2) is 6.67. The quantitative estimate of drug-likeness (QED) is 0.876. The normalized spacial score (nSPS) is 10.4. The van der Waals surface area contributed by atoms with Crippen LogP contribution < -0.4 is 10.6 Å². The minimum absolute atomic E-state index is 0.0549. The summed E-state index contributed by atoms with van der Waals surface area (Å²) in [6.45, 7) is 2.74. The Bertz CT molecular complexity index is 608. The average molecular weight is 316 g/mol.